The van der Waals surface area contributed by atoms with Crippen molar-refractivity contribution >= 4 is 6.09 Å². The molecule has 1 fully saturated rings. The van der Waals surface area contributed by atoms with E-state index in [0.717, 1.165) is 37.2 Å². The highest BCUT2D eigenvalue weighted by Gasteiger charge is 2.39. The van der Waals surface area contributed by atoms with Crippen molar-refractivity contribution in [3.8, 4) is 11.5 Å². The van der Waals surface area contributed by atoms with Gasteiger partial charge in [0.1, 0.15) is 0 Å². The Balaban J connectivity index is 1.98. The second-order valence-corrected chi connectivity index (χ2v) is 5.79. The largest absolute Gasteiger partial charge is 0.493 e. The Morgan fingerprint density at radius 2 is 2.10 bits per heavy atom. The van der Waals surface area contributed by atoms with Gasteiger partial charge in [0.15, 0.2) is 11.5 Å². The Bertz CT molecular complexity index is 557. The molecule has 1 amide bonds. The van der Waals surface area contributed by atoms with Gasteiger partial charge in [-0.15, -0.1) is 0 Å². The number of hydrogen-bond acceptors (Lipinski definition) is 3. The Labute approximate surface area is 124 Å². The third-order valence-electron chi connectivity index (χ3n) is 4.80. The first kappa shape index (κ1) is 14.0. The molecule has 1 saturated heterocycles. The minimum absolute atomic E-state index is 0.0989. The van der Waals surface area contributed by atoms with Crippen LogP contribution in [0.15, 0.2) is 12.1 Å². The maximum atomic E-state index is 11.4. The molecule has 1 aliphatic heterocycles. The molecule has 0 spiro atoms. The van der Waals surface area contributed by atoms with E-state index in [4.69, 9.17) is 9.47 Å². The van der Waals surface area contributed by atoms with Gasteiger partial charge < -0.3 is 19.5 Å². The van der Waals surface area contributed by atoms with E-state index < -0.39 is 6.09 Å². The number of rotatable bonds is 2. The van der Waals surface area contributed by atoms with Gasteiger partial charge in [-0.2, -0.15) is 0 Å². The summed E-state index contributed by atoms with van der Waals surface area (Å²) in [5, 5.41) is 9.39. The fourth-order valence-electron chi connectivity index (χ4n) is 3.82. The molecule has 2 aliphatic rings. The van der Waals surface area contributed by atoms with Crippen LogP contribution >= 0.6 is 0 Å². The van der Waals surface area contributed by atoms with Crippen LogP contribution in [0.25, 0.3) is 0 Å². The van der Waals surface area contributed by atoms with E-state index in [9.17, 15) is 9.90 Å². The number of carboxylic acid groups (broad SMARTS) is 1. The van der Waals surface area contributed by atoms with Gasteiger partial charge >= 0.3 is 6.09 Å². The molecule has 1 N–H and O–H groups in total. The summed E-state index contributed by atoms with van der Waals surface area (Å²) >= 11 is 0. The molecule has 1 aromatic rings. The molecule has 1 heterocycles. The first-order chi connectivity index (χ1) is 10.2. The van der Waals surface area contributed by atoms with Crippen molar-refractivity contribution in [2.75, 3.05) is 20.8 Å². The van der Waals surface area contributed by atoms with Crippen molar-refractivity contribution < 1.29 is 19.4 Å². The number of nitrogens with zero attached hydrogens (tertiary/aromatic N) is 1. The summed E-state index contributed by atoms with van der Waals surface area (Å²) in [4.78, 5) is 13.0. The van der Waals surface area contributed by atoms with Gasteiger partial charge in [0.2, 0.25) is 0 Å². The maximum Gasteiger partial charge on any atom is 0.407 e. The summed E-state index contributed by atoms with van der Waals surface area (Å²) in [6, 6.07) is 4.05. The number of piperidine rings is 1. The van der Waals surface area contributed by atoms with Crippen molar-refractivity contribution in [3.63, 3.8) is 0 Å². The zero-order valence-corrected chi connectivity index (χ0v) is 12.5. The number of methoxy groups -OCH3 is 2. The predicted octanol–water partition coefficient (Wildman–Crippen LogP) is 2.56. The molecule has 0 unspecified atom stereocenters. The zero-order valence-electron chi connectivity index (χ0n) is 12.5. The van der Waals surface area contributed by atoms with E-state index in [-0.39, 0.29) is 6.04 Å². The number of likely N-dealkylation sites (tertiary alicyclic amines) is 1. The third kappa shape index (κ3) is 2.30. The molecule has 0 bridgehead atoms. The molecule has 0 aromatic heterocycles. The number of hydrogen-bond donors (Lipinski definition) is 1. The highest BCUT2D eigenvalue weighted by atomic mass is 16.5. The molecule has 5 heteroatoms. The van der Waals surface area contributed by atoms with Gasteiger partial charge in [0, 0.05) is 18.2 Å². The van der Waals surface area contributed by atoms with E-state index in [1.165, 1.54) is 11.1 Å². The van der Waals surface area contributed by atoms with Crippen LogP contribution in [-0.2, 0) is 12.8 Å². The summed E-state index contributed by atoms with van der Waals surface area (Å²) < 4.78 is 10.9. The number of fused-ring (bicyclic) bond motifs is 2. The average Bonchev–Trinajstić information content (AvgIpc) is 2.50. The number of amides is 1. The summed E-state index contributed by atoms with van der Waals surface area (Å²) in [5.41, 5.74) is 2.37. The van der Waals surface area contributed by atoms with Crippen molar-refractivity contribution in [3.05, 3.63) is 23.3 Å². The van der Waals surface area contributed by atoms with Crippen molar-refractivity contribution in [2.45, 2.75) is 31.7 Å². The molecule has 3 rings (SSSR count). The fraction of sp³-hybridized carbons (Fsp3) is 0.562. The average molecular weight is 291 g/mol. The second-order valence-electron chi connectivity index (χ2n) is 5.79. The van der Waals surface area contributed by atoms with Crippen LogP contribution < -0.4 is 9.47 Å². The SMILES string of the molecule is COc1ccc2c(c1OC)C[C@H]1CCCN(C(=O)O)[C@@H]1C2. The molecule has 0 radical (unpaired) electrons. The first-order valence-electron chi connectivity index (χ1n) is 7.38. The van der Waals surface area contributed by atoms with Gasteiger partial charge in [-0.05, 0) is 43.2 Å². The Morgan fingerprint density at radius 1 is 1.29 bits per heavy atom. The number of carbonyl (C=O) groups is 1. The van der Waals surface area contributed by atoms with E-state index in [1.807, 2.05) is 12.1 Å². The van der Waals surface area contributed by atoms with Crippen LogP contribution in [0.5, 0.6) is 11.5 Å². The van der Waals surface area contributed by atoms with Crippen LogP contribution in [0.1, 0.15) is 24.0 Å². The molecular weight excluding hydrogens is 270 g/mol. The number of benzene rings is 1. The van der Waals surface area contributed by atoms with E-state index in [1.54, 1.807) is 19.1 Å². The van der Waals surface area contributed by atoms with Crippen molar-refractivity contribution in [1.29, 1.82) is 0 Å². The molecule has 0 saturated carbocycles. The first-order valence-corrected chi connectivity index (χ1v) is 7.38. The second kappa shape index (κ2) is 5.47. The maximum absolute atomic E-state index is 11.4. The van der Waals surface area contributed by atoms with Crippen LogP contribution in [0, 0.1) is 5.92 Å². The quantitative estimate of drug-likeness (QED) is 0.909. The lowest BCUT2D eigenvalue weighted by Crippen LogP contribution is -2.51. The third-order valence-corrected chi connectivity index (χ3v) is 4.80. The number of ether oxygens (including phenoxy) is 2. The van der Waals surface area contributed by atoms with E-state index >= 15 is 0 Å². The summed E-state index contributed by atoms with van der Waals surface area (Å²) in [6.07, 6.45) is 2.86. The molecule has 5 nitrogen and oxygen atoms in total. The molecule has 21 heavy (non-hydrogen) atoms. The summed E-state index contributed by atoms with van der Waals surface area (Å²) in [6.45, 7) is 0.652. The van der Waals surface area contributed by atoms with Crippen LogP contribution in [0.4, 0.5) is 4.79 Å². The van der Waals surface area contributed by atoms with E-state index in [2.05, 4.69) is 0 Å². The molecular formula is C16H21NO4. The highest BCUT2D eigenvalue weighted by molar-refractivity contribution is 5.66. The van der Waals surface area contributed by atoms with Gasteiger partial charge in [0.05, 0.1) is 14.2 Å². The van der Waals surface area contributed by atoms with Crippen LogP contribution in [0.2, 0.25) is 0 Å². The summed E-state index contributed by atoms with van der Waals surface area (Å²) in [5.74, 6) is 1.94. The highest BCUT2D eigenvalue weighted by Crippen LogP contribution is 2.42. The van der Waals surface area contributed by atoms with Gasteiger partial charge in [-0.25, -0.2) is 4.79 Å². The van der Waals surface area contributed by atoms with Crippen molar-refractivity contribution in [2.24, 2.45) is 5.92 Å². The van der Waals surface area contributed by atoms with Crippen LogP contribution in [0.3, 0.4) is 0 Å². The fourth-order valence-corrected chi connectivity index (χ4v) is 3.82. The van der Waals surface area contributed by atoms with Crippen LogP contribution in [-0.4, -0.2) is 42.9 Å². The molecule has 114 valence electrons. The minimum atomic E-state index is -0.798. The summed E-state index contributed by atoms with van der Waals surface area (Å²) in [7, 11) is 3.30. The topological polar surface area (TPSA) is 59.0 Å². The van der Waals surface area contributed by atoms with Gasteiger partial charge in [-0.1, -0.05) is 6.07 Å². The minimum Gasteiger partial charge on any atom is -0.493 e. The molecule has 2 atom stereocenters. The standard InChI is InChI=1S/C16H21NO4/c1-20-14-6-5-10-9-13-11(8-12(10)15(14)21-2)4-3-7-17(13)16(18)19/h5-6,11,13H,3-4,7-9H2,1-2H3,(H,18,19)/t11-,13-/m1/s1. The Kier molecular flexibility index (Phi) is 3.66. The zero-order chi connectivity index (χ0) is 15.0. The van der Waals surface area contributed by atoms with Crippen molar-refractivity contribution in [1.82, 2.24) is 4.90 Å². The van der Waals surface area contributed by atoms with Gasteiger partial charge in [-0.3, -0.25) is 0 Å². The lowest BCUT2D eigenvalue weighted by Gasteiger charge is -2.43. The lowest BCUT2D eigenvalue weighted by atomic mass is 9.75. The monoisotopic (exact) mass is 291 g/mol. The molecule has 1 aliphatic carbocycles. The normalized spacial score (nSPS) is 24.0. The Morgan fingerprint density at radius 3 is 2.76 bits per heavy atom. The lowest BCUT2D eigenvalue weighted by molar-refractivity contribution is 0.0736. The van der Waals surface area contributed by atoms with Gasteiger partial charge in [0.25, 0.3) is 0 Å². The smallest absolute Gasteiger partial charge is 0.407 e. The van der Waals surface area contributed by atoms with E-state index in [0.29, 0.717) is 12.5 Å². The Hall–Kier alpha value is -1.91. The molecule has 1 aromatic carbocycles. The predicted molar refractivity (Wildman–Crippen MR) is 78.2 cm³/mol.